The number of ether oxygens (including phenoxy) is 4. The second-order valence-corrected chi connectivity index (χ2v) is 15.4. The lowest BCUT2D eigenvalue weighted by molar-refractivity contribution is -0.156. The van der Waals surface area contributed by atoms with E-state index in [4.69, 9.17) is 32.2 Å². The second kappa shape index (κ2) is 23.7. The van der Waals surface area contributed by atoms with Gasteiger partial charge in [-0.3, -0.25) is 19.2 Å². The predicted octanol–water partition coefficient (Wildman–Crippen LogP) is 6.96. The Labute approximate surface area is 351 Å². The first-order valence-electron chi connectivity index (χ1n) is 20.3. The lowest BCUT2D eigenvalue weighted by Crippen LogP contribution is -2.34. The quantitative estimate of drug-likeness (QED) is 0.0932. The zero-order valence-corrected chi connectivity index (χ0v) is 35.9. The summed E-state index contributed by atoms with van der Waals surface area (Å²) in [7, 11) is 6.27. The highest BCUT2D eigenvalue weighted by Gasteiger charge is 2.31. The Balaban J connectivity index is 1.48. The Morgan fingerprint density at radius 2 is 1.68 bits per heavy atom. The number of carbonyl (C=O) groups is 4. The zero-order chi connectivity index (χ0) is 43.8. The number of ketones is 2. The summed E-state index contributed by atoms with van der Waals surface area (Å²) >= 11 is 0. The third kappa shape index (κ3) is 13.8. The molecule has 0 aromatic carbocycles. The molecule has 6 bridgehead atoms. The van der Waals surface area contributed by atoms with Crippen molar-refractivity contribution in [1.29, 1.82) is 0 Å². The van der Waals surface area contributed by atoms with Crippen LogP contribution in [0, 0.1) is 23.7 Å². The number of esters is 1. The van der Waals surface area contributed by atoms with Crippen LogP contribution in [0.5, 0.6) is 0 Å². The summed E-state index contributed by atoms with van der Waals surface area (Å²) in [5.74, 6) is -1.21. The molecule has 1 aliphatic rings. The number of methoxy groups -OCH3 is 3. The van der Waals surface area contributed by atoms with Gasteiger partial charge >= 0.3 is 5.97 Å². The van der Waals surface area contributed by atoms with E-state index in [9.17, 15) is 24.3 Å². The Morgan fingerprint density at radius 1 is 0.983 bits per heavy atom. The molecule has 0 spiro atoms. The second-order valence-electron chi connectivity index (χ2n) is 15.4. The van der Waals surface area contributed by atoms with Crippen molar-refractivity contribution >= 4 is 30.0 Å². The molecule has 16 nitrogen and oxygen atoms in total. The molecule has 3 aromatic rings. The predicted molar refractivity (Wildman–Crippen MR) is 219 cm³/mol. The number of allylic oxidation sites excluding steroid dienone is 2. The first-order valence-corrected chi connectivity index (χ1v) is 20.3. The molecule has 0 fully saturated rings. The summed E-state index contributed by atoms with van der Waals surface area (Å²) < 4.78 is 40.2. The SMILES string of the molecule is CO[C@@H]1c2coc(n2)-c2coc(n2)-c2coc(n2)/C=C\CC[C@@H](C)[C@@H](C[C@@H](OC)[C@H](C)CCC(=O)[C@H](C)[C@@H](C/C=C/N(C)C=O)OC)OC(=O)C[C@H](O)/C=C/CC(=O)[C@H]1C. The van der Waals surface area contributed by atoms with Gasteiger partial charge in [-0.15, -0.1) is 0 Å². The molecule has 9 atom stereocenters. The summed E-state index contributed by atoms with van der Waals surface area (Å²) in [6, 6.07) is 0. The van der Waals surface area contributed by atoms with Gasteiger partial charge in [0.1, 0.15) is 48.3 Å². The van der Waals surface area contributed by atoms with Gasteiger partial charge in [-0.1, -0.05) is 52.0 Å². The molecule has 0 saturated heterocycles. The number of nitrogens with zero attached hydrogens (tertiary/aromatic N) is 4. The number of aromatic nitrogens is 3. The molecule has 1 N–H and O–H groups in total. The number of oxazole rings is 3. The van der Waals surface area contributed by atoms with E-state index in [0.717, 1.165) is 0 Å². The molecule has 328 valence electrons. The molecule has 16 heteroatoms. The van der Waals surface area contributed by atoms with Gasteiger partial charge in [-0.05, 0) is 43.6 Å². The standard InChI is InChI=1S/C44H60N4O12/c1-27-13-9-10-17-40-45-33(24-57-40)43-47-34(25-59-43)44-46-32(23-58-44)42(56-8)30(4)35(51)15-11-14-31(50)21-41(53)60-39(27)22-38(55-7)28(2)18-19-36(52)29(3)37(54-6)16-12-20-48(5)26-49/h10-12,14,17,20,23-31,37-39,42,50H,9,13,15-16,18-19,21-22H2,1-8H3/b14-11+,17-10-,20-12+/t27-,28-,29+,30-,31-,37-,38-,39-,42+/m1/s1. The monoisotopic (exact) mass is 836 g/mol. The fourth-order valence-corrected chi connectivity index (χ4v) is 7.03. The van der Waals surface area contributed by atoms with Crippen molar-refractivity contribution in [2.45, 2.75) is 110 Å². The molecule has 0 saturated carbocycles. The number of hydrogen-bond donors (Lipinski definition) is 1. The van der Waals surface area contributed by atoms with Crippen LogP contribution in [-0.4, -0.2) is 102 Å². The summed E-state index contributed by atoms with van der Waals surface area (Å²) in [6.07, 6.45) is 14.3. The molecule has 4 rings (SSSR count). The number of fused-ring (bicyclic) bond motifs is 8. The largest absolute Gasteiger partial charge is 0.462 e. The Morgan fingerprint density at radius 3 is 2.40 bits per heavy atom. The highest BCUT2D eigenvalue weighted by Crippen LogP contribution is 2.31. The molecule has 60 heavy (non-hydrogen) atoms. The lowest BCUT2D eigenvalue weighted by atomic mass is 9.86. The maximum Gasteiger partial charge on any atom is 0.309 e. The summed E-state index contributed by atoms with van der Waals surface area (Å²) in [6.45, 7) is 7.55. The van der Waals surface area contributed by atoms with Gasteiger partial charge in [-0.25, -0.2) is 15.0 Å². The number of Topliss-reactive ketones (excluding diaryl/α,β-unsaturated/α-hetero) is 2. The Kier molecular flexibility index (Phi) is 18.8. The van der Waals surface area contributed by atoms with Gasteiger partial charge in [0.2, 0.25) is 24.1 Å². The van der Waals surface area contributed by atoms with Crippen molar-refractivity contribution in [2.75, 3.05) is 28.4 Å². The van der Waals surface area contributed by atoms with E-state index >= 15 is 0 Å². The highest BCUT2D eigenvalue weighted by molar-refractivity contribution is 5.83. The maximum absolute atomic E-state index is 13.3. The van der Waals surface area contributed by atoms with Crippen LogP contribution >= 0.6 is 0 Å². The lowest BCUT2D eigenvalue weighted by Gasteiger charge is -2.31. The van der Waals surface area contributed by atoms with Crippen molar-refractivity contribution < 1.29 is 56.5 Å². The number of carbonyl (C=O) groups excluding carboxylic acids is 4. The topological polar surface area (TPSA) is 207 Å². The fraction of sp³-hybridized carbons (Fsp3) is 0.568. The average molecular weight is 837 g/mol. The Bertz CT molecular complexity index is 1910. The van der Waals surface area contributed by atoms with E-state index in [1.54, 1.807) is 46.5 Å². The van der Waals surface area contributed by atoms with E-state index in [-0.39, 0.29) is 66.2 Å². The first-order chi connectivity index (χ1) is 28.8. The molecule has 0 aliphatic carbocycles. The van der Waals surface area contributed by atoms with Crippen LogP contribution in [0.4, 0.5) is 0 Å². The van der Waals surface area contributed by atoms with Crippen molar-refractivity contribution in [3.8, 4) is 23.2 Å². The summed E-state index contributed by atoms with van der Waals surface area (Å²) in [4.78, 5) is 65.5. The number of aliphatic hydroxyl groups excluding tert-OH is 1. The third-order valence-electron chi connectivity index (χ3n) is 11.0. The van der Waals surface area contributed by atoms with Crippen molar-refractivity contribution in [3.63, 3.8) is 0 Å². The van der Waals surface area contributed by atoms with Crippen LogP contribution < -0.4 is 0 Å². The van der Waals surface area contributed by atoms with E-state index < -0.39 is 30.2 Å². The number of amides is 1. The van der Waals surface area contributed by atoms with Gasteiger partial charge in [0.05, 0.1) is 24.7 Å². The molecule has 3 aromatic heterocycles. The first kappa shape index (κ1) is 47.6. The van der Waals surface area contributed by atoms with Gasteiger partial charge in [0, 0.05) is 65.7 Å². The van der Waals surface area contributed by atoms with Crippen molar-refractivity contribution in [3.05, 3.63) is 60.9 Å². The number of cyclic esters (lactones) is 1. The number of rotatable bonds is 15. The fourth-order valence-electron chi connectivity index (χ4n) is 7.03. The van der Waals surface area contributed by atoms with Crippen molar-refractivity contribution in [2.24, 2.45) is 23.7 Å². The molecule has 0 unspecified atom stereocenters. The zero-order valence-electron chi connectivity index (χ0n) is 35.9. The van der Waals surface area contributed by atoms with Crippen LogP contribution in [0.2, 0.25) is 0 Å². The van der Waals surface area contributed by atoms with E-state index in [1.165, 1.54) is 43.0 Å². The minimum Gasteiger partial charge on any atom is -0.462 e. The van der Waals surface area contributed by atoms with Gasteiger partial charge < -0.3 is 42.2 Å². The van der Waals surface area contributed by atoms with E-state index in [2.05, 4.69) is 15.0 Å². The van der Waals surface area contributed by atoms with Crippen molar-refractivity contribution in [1.82, 2.24) is 19.9 Å². The minimum absolute atomic E-state index is 0.0196. The van der Waals surface area contributed by atoms with Gasteiger partial charge in [0.15, 0.2) is 11.4 Å². The van der Waals surface area contributed by atoms with Crippen LogP contribution in [0.3, 0.4) is 0 Å². The smallest absolute Gasteiger partial charge is 0.309 e. The summed E-state index contributed by atoms with van der Waals surface area (Å²) in [5, 5.41) is 10.8. The van der Waals surface area contributed by atoms with Crippen LogP contribution in [0.15, 0.2) is 62.5 Å². The number of hydrogen-bond acceptors (Lipinski definition) is 15. The van der Waals surface area contributed by atoms with Crippen LogP contribution in [-0.2, 0) is 38.1 Å². The molecule has 0 radical (unpaired) electrons. The molecule has 4 heterocycles. The molecular weight excluding hydrogens is 777 g/mol. The van der Waals surface area contributed by atoms with Gasteiger partial charge in [-0.2, -0.15) is 0 Å². The normalized spacial score (nSPS) is 24.1. The molecule has 1 aliphatic heterocycles. The van der Waals surface area contributed by atoms with Crippen LogP contribution in [0.1, 0.15) is 96.8 Å². The maximum atomic E-state index is 13.3. The number of aliphatic hydroxyl groups is 1. The highest BCUT2D eigenvalue weighted by atomic mass is 16.5. The minimum atomic E-state index is -1.19. The van der Waals surface area contributed by atoms with Gasteiger partial charge in [0.25, 0.3) is 0 Å². The summed E-state index contributed by atoms with van der Waals surface area (Å²) in [5.41, 5.74) is 1.08. The Hall–Kier alpha value is -5.03. The van der Waals surface area contributed by atoms with E-state index in [0.29, 0.717) is 67.9 Å². The third-order valence-corrected chi connectivity index (χ3v) is 11.0. The molecule has 1 amide bonds. The van der Waals surface area contributed by atoms with E-state index in [1.807, 2.05) is 26.8 Å². The average Bonchev–Trinajstić information content (AvgIpc) is 4.03. The molecular formula is C44H60N4O12. The van der Waals surface area contributed by atoms with Crippen LogP contribution in [0.25, 0.3) is 29.2 Å².